The van der Waals surface area contributed by atoms with Gasteiger partial charge in [-0.2, -0.15) is 0 Å². The summed E-state index contributed by atoms with van der Waals surface area (Å²) in [5.41, 5.74) is 2.29. The minimum atomic E-state index is -3.61. The standard InChI is InChI=1S/C12H20N4O3S/c13-16-12-11(5-3-7-14-12)20(17,18)15-8-6-10-4-1-2-9-19-10/h3,5,7,10,15H,1-2,4,6,8-9,13H2,(H,14,16). The fourth-order valence-electron chi connectivity index (χ4n) is 2.18. The van der Waals surface area contributed by atoms with Gasteiger partial charge in [-0.05, 0) is 37.8 Å². The van der Waals surface area contributed by atoms with Crippen LogP contribution >= 0.6 is 0 Å². The van der Waals surface area contributed by atoms with E-state index in [-0.39, 0.29) is 16.8 Å². The van der Waals surface area contributed by atoms with Crippen LogP contribution < -0.4 is 16.0 Å². The Labute approximate surface area is 118 Å². The summed E-state index contributed by atoms with van der Waals surface area (Å²) >= 11 is 0. The summed E-state index contributed by atoms with van der Waals surface area (Å²) in [6, 6.07) is 3.02. The van der Waals surface area contributed by atoms with E-state index in [0.717, 1.165) is 25.9 Å². The van der Waals surface area contributed by atoms with Crippen molar-refractivity contribution in [1.82, 2.24) is 9.71 Å². The van der Waals surface area contributed by atoms with E-state index in [2.05, 4.69) is 15.1 Å². The van der Waals surface area contributed by atoms with Gasteiger partial charge in [-0.15, -0.1) is 0 Å². The van der Waals surface area contributed by atoms with Gasteiger partial charge >= 0.3 is 0 Å². The highest BCUT2D eigenvalue weighted by molar-refractivity contribution is 7.89. The van der Waals surface area contributed by atoms with E-state index in [1.165, 1.54) is 12.3 Å². The maximum Gasteiger partial charge on any atom is 0.244 e. The van der Waals surface area contributed by atoms with Crippen molar-refractivity contribution in [3.63, 3.8) is 0 Å². The Kier molecular flexibility index (Phi) is 5.30. The SMILES string of the molecule is NNc1ncccc1S(=O)(=O)NCCC1CCCCO1. The number of rotatable bonds is 6. The van der Waals surface area contributed by atoms with Crippen molar-refractivity contribution in [3.05, 3.63) is 18.3 Å². The normalized spacial score (nSPS) is 19.8. The zero-order chi connectivity index (χ0) is 14.4. The molecule has 8 heteroatoms. The van der Waals surface area contributed by atoms with Crippen LogP contribution in [0, 0.1) is 0 Å². The van der Waals surface area contributed by atoms with Gasteiger partial charge in [0.1, 0.15) is 4.90 Å². The van der Waals surface area contributed by atoms with Crippen LogP contribution in [0.15, 0.2) is 23.2 Å². The van der Waals surface area contributed by atoms with Crippen molar-refractivity contribution >= 4 is 15.8 Å². The predicted octanol–water partition coefficient (Wildman–Crippen LogP) is 0.605. The molecule has 7 nitrogen and oxygen atoms in total. The molecule has 1 unspecified atom stereocenters. The minimum absolute atomic E-state index is 0.0482. The number of aromatic nitrogens is 1. The molecule has 2 heterocycles. The lowest BCUT2D eigenvalue weighted by molar-refractivity contribution is 0.0123. The molecule has 1 atom stereocenters. The van der Waals surface area contributed by atoms with Gasteiger partial charge < -0.3 is 10.2 Å². The van der Waals surface area contributed by atoms with Crippen molar-refractivity contribution in [2.75, 3.05) is 18.6 Å². The van der Waals surface area contributed by atoms with Crippen LogP contribution in [0.25, 0.3) is 0 Å². The van der Waals surface area contributed by atoms with Crippen LogP contribution in [-0.2, 0) is 14.8 Å². The number of hydrazine groups is 1. The Bertz CT molecular complexity index is 529. The fourth-order valence-corrected chi connectivity index (χ4v) is 3.35. The Morgan fingerprint density at radius 3 is 3.00 bits per heavy atom. The summed E-state index contributed by atoms with van der Waals surface area (Å²) in [4.78, 5) is 3.93. The molecule has 1 aromatic heterocycles. The Hall–Kier alpha value is -1.22. The molecule has 4 N–H and O–H groups in total. The molecule has 112 valence electrons. The van der Waals surface area contributed by atoms with Gasteiger partial charge in [0, 0.05) is 19.3 Å². The number of hydrogen-bond donors (Lipinski definition) is 3. The molecule has 1 aliphatic rings. The average Bonchev–Trinajstić information content (AvgIpc) is 2.48. The maximum absolute atomic E-state index is 12.2. The number of nitrogen functional groups attached to an aromatic ring is 1. The van der Waals surface area contributed by atoms with Crippen LogP contribution in [-0.4, -0.2) is 32.7 Å². The lowest BCUT2D eigenvalue weighted by Gasteiger charge is -2.22. The number of pyridine rings is 1. The zero-order valence-corrected chi connectivity index (χ0v) is 12.0. The van der Waals surface area contributed by atoms with Crippen LogP contribution in [0.2, 0.25) is 0 Å². The highest BCUT2D eigenvalue weighted by Crippen LogP contribution is 2.18. The predicted molar refractivity (Wildman–Crippen MR) is 75.4 cm³/mol. The van der Waals surface area contributed by atoms with Crippen LogP contribution in [0.5, 0.6) is 0 Å². The highest BCUT2D eigenvalue weighted by atomic mass is 32.2. The minimum Gasteiger partial charge on any atom is -0.378 e. The van der Waals surface area contributed by atoms with Crippen LogP contribution in [0.4, 0.5) is 5.82 Å². The van der Waals surface area contributed by atoms with Crippen molar-refractivity contribution < 1.29 is 13.2 Å². The second-order valence-electron chi connectivity index (χ2n) is 4.67. The number of nitrogens with two attached hydrogens (primary N) is 1. The van der Waals surface area contributed by atoms with E-state index >= 15 is 0 Å². The first-order valence-electron chi connectivity index (χ1n) is 6.66. The topological polar surface area (TPSA) is 106 Å². The summed E-state index contributed by atoms with van der Waals surface area (Å²) in [6.07, 6.45) is 5.51. The molecule has 0 bridgehead atoms. The number of hydrogen-bond acceptors (Lipinski definition) is 6. The summed E-state index contributed by atoms with van der Waals surface area (Å²) in [5.74, 6) is 5.40. The molecule has 1 fully saturated rings. The third kappa shape index (κ3) is 3.89. The van der Waals surface area contributed by atoms with Gasteiger partial charge in [-0.3, -0.25) is 0 Å². The molecule has 0 spiro atoms. The van der Waals surface area contributed by atoms with E-state index in [1.807, 2.05) is 0 Å². The monoisotopic (exact) mass is 300 g/mol. The van der Waals surface area contributed by atoms with E-state index in [0.29, 0.717) is 13.0 Å². The van der Waals surface area contributed by atoms with Crippen molar-refractivity contribution in [2.45, 2.75) is 36.7 Å². The van der Waals surface area contributed by atoms with E-state index in [4.69, 9.17) is 10.6 Å². The lowest BCUT2D eigenvalue weighted by Crippen LogP contribution is -2.30. The number of sulfonamides is 1. The number of ether oxygens (including phenoxy) is 1. The highest BCUT2D eigenvalue weighted by Gasteiger charge is 2.20. The van der Waals surface area contributed by atoms with Crippen LogP contribution in [0.1, 0.15) is 25.7 Å². The maximum atomic E-state index is 12.2. The summed E-state index contributed by atoms with van der Waals surface area (Å²) < 4.78 is 32.4. The summed E-state index contributed by atoms with van der Waals surface area (Å²) in [7, 11) is -3.61. The molecular weight excluding hydrogens is 280 g/mol. The largest absolute Gasteiger partial charge is 0.378 e. The van der Waals surface area contributed by atoms with Gasteiger partial charge in [-0.25, -0.2) is 24.0 Å². The number of nitrogens with one attached hydrogen (secondary N) is 2. The fraction of sp³-hybridized carbons (Fsp3) is 0.583. The Morgan fingerprint density at radius 1 is 1.45 bits per heavy atom. The van der Waals surface area contributed by atoms with Gasteiger partial charge in [0.15, 0.2) is 5.82 Å². The van der Waals surface area contributed by atoms with E-state index < -0.39 is 10.0 Å². The molecule has 0 aromatic carbocycles. The molecular formula is C12H20N4O3S. The van der Waals surface area contributed by atoms with Crippen molar-refractivity contribution in [3.8, 4) is 0 Å². The quantitative estimate of drug-likeness (QED) is 0.525. The van der Waals surface area contributed by atoms with Crippen molar-refractivity contribution in [1.29, 1.82) is 0 Å². The molecule has 20 heavy (non-hydrogen) atoms. The molecule has 2 rings (SSSR count). The summed E-state index contributed by atoms with van der Waals surface area (Å²) in [5, 5.41) is 0. The molecule has 0 aliphatic carbocycles. The number of nitrogens with zero attached hydrogens (tertiary/aromatic N) is 1. The third-order valence-electron chi connectivity index (χ3n) is 3.23. The van der Waals surface area contributed by atoms with Gasteiger partial charge in [0.25, 0.3) is 0 Å². The van der Waals surface area contributed by atoms with E-state index in [9.17, 15) is 8.42 Å². The van der Waals surface area contributed by atoms with Gasteiger partial charge in [0.2, 0.25) is 10.0 Å². The smallest absolute Gasteiger partial charge is 0.244 e. The molecule has 1 aliphatic heterocycles. The average molecular weight is 300 g/mol. The molecule has 0 saturated carbocycles. The second kappa shape index (κ2) is 6.98. The molecule has 1 aromatic rings. The third-order valence-corrected chi connectivity index (χ3v) is 4.72. The molecule has 1 saturated heterocycles. The van der Waals surface area contributed by atoms with Crippen LogP contribution in [0.3, 0.4) is 0 Å². The number of anilines is 1. The molecule has 0 radical (unpaired) electrons. The summed E-state index contributed by atoms with van der Waals surface area (Å²) in [6.45, 7) is 1.10. The van der Waals surface area contributed by atoms with Gasteiger partial charge in [0.05, 0.1) is 6.10 Å². The zero-order valence-electron chi connectivity index (χ0n) is 11.2. The Balaban J connectivity index is 1.93. The van der Waals surface area contributed by atoms with E-state index in [1.54, 1.807) is 6.07 Å². The van der Waals surface area contributed by atoms with Crippen molar-refractivity contribution in [2.24, 2.45) is 5.84 Å². The second-order valence-corrected chi connectivity index (χ2v) is 6.40. The first-order valence-corrected chi connectivity index (χ1v) is 8.14. The Morgan fingerprint density at radius 2 is 2.30 bits per heavy atom. The molecule has 0 amide bonds. The van der Waals surface area contributed by atoms with Gasteiger partial charge in [-0.1, -0.05) is 0 Å². The first kappa shape index (κ1) is 15.2. The lowest BCUT2D eigenvalue weighted by atomic mass is 10.1. The first-order chi connectivity index (χ1) is 9.63.